The molecule has 0 saturated heterocycles. The molecule has 1 aliphatic rings. The van der Waals surface area contributed by atoms with E-state index in [-0.39, 0.29) is 6.04 Å². The molecule has 2 rings (SSSR count). The van der Waals surface area contributed by atoms with Crippen molar-refractivity contribution in [3.63, 3.8) is 0 Å². The molecule has 0 heterocycles. The van der Waals surface area contributed by atoms with Crippen LogP contribution in [0, 0.1) is 6.92 Å². The van der Waals surface area contributed by atoms with Gasteiger partial charge in [-0.2, -0.15) is 4.31 Å². The minimum atomic E-state index is -3.34. The van der Waals surface area contributed by atoms with Crippen molar-refractivity contribution in [1.82, 2.24) is 4.31 Å². The molecule has 1 fully saturated rings. The number of aryl methyl sites for hydroxylation is 1. The first kappa shape index (κ1) is 14.5. The zero-order valence-electron chi connectivity index (χ0n) is 11.8. The van der Waals surface area contributed by atoms with Crippen LogP contribution in [-0.2, 0) is 10.0 Å². The second-order valence-electron chi connectivity index (χ2n) is 5.48. The molecule has 0 aliphatic heterocycles. The maximum atomic E-state index is 12.6. The Morgan fingerprint density at radius 2 is 1.53 bits per heavy atom. The smallest absolute Gasteiger partial charge is 0.207 e. The van der Waals surface area contributed by atoms with Crippen LogP contribution in [0.1, 0.15) is 44.1 Å². The number of benzene rings is 1. The van der Waals surface area contributed by atoms with Crippen LogP contribution in [0.25, 0.3) is 0 Å². The summed E-state index contributed by atoms with van der Waals surface area (Å²) in [6.45, 7) is 1.96. The van der Waals surface area contributed by atoms with E-state index in [4.69, 9.17) is 0 Å². The summed E-state index contributed by atoms with van der Waals surface area (Å²) >= 11 is 0. The molecule has 1 saturated carbocycles. The van der Waals surface area contributed by atoms with Crippen molar-refractivity contribution in [3.05, 3.63) is 29.8 Å². The fraction of sp³-hybridized carbons (Fsp3) is 0.600. The van der Waals surface area contributed by atoms with Crippen LogP contribution in [0.4, 0.5) is 0 Å². The fourth-order valence-corrected chi connectivity index (χ4v) is 4.11. The van der Waals surface area contributed by atoms with E-state index in [1.54, 1.807) is 23.5 Å². The van der Waals surface area contributed by atoms with Crippen LogP contribution < -0.4 is 0 Å². The summed E-state index contributed by atoms with van der Waals surface area (Å²) in [5, 5.41) is 0. The molecule has 1 aliphatic carbocycles. The van der Waals surface area contributed by atoms with Crippen molar-refractivity contribution in [2.45, 2.75) is 56.4 Å². The zero-order valence-corrected chi connectivity index (χ0v) is 12.6. The quantitative estimate of drug-likeness (QED) is 0.797. The molecule has 1 aromatic rings. The van der Waals surface area contributed by atoms with Crippen molar-refractivity contribution in [1.29, 1.82) is 0 Å². The normalized spacial score (nSPS) is 18.5. The Morgan fingerprint density at radius 1 is 1.00 bits per heavy atom. The van der Waals surface area contributed by atoms with Crippen molar-refractivity contribution < 1.29 is 8.42 Å². The van der Waals surface area contributed by atoms with Gasteiger partial charge in [0.25, 0.3) is 0 Å². The topological polar surface area (TPSA) is 37.4 Å². The maximum Gasteiger partial charge on any atom is 0.243 e. The highest BCUT2D eigenvalue weighted by Gasteiger charge is 2.28. The van der Waals surface area contributed by atoms with Crippen LogP contribution in [0.2, 0.25) is 0 Å². The molecule has 0 aromatic heterocycles. The van der Waals surface area contributed by atoms with E-state index in [1.165, 1.54) is 12.8 Å². The van der Waals surface area contributed by atoms with E-state index in [2.05, 4.69) is 0 Å². The van der Waals surface area contributed by atoms with E-state index >= 15 is 0 Å². The molecular weight excluding hydrogens is 258 g/mol. The molecule has 0 radical (unpaired) electrons. The predicted molar refractivity (Wildman–Crippen MR) is 77.6 cm³/mol. The Morgan fingerprint density at radius 3 is 2.05 bits per heavy atom. The third-order valence-corrected chi connectivity index (χ3v) is 5.96. The molecule has 4 heteroatoms. The molecule has 106 valence electrons. The van der Waals surface area contributed by atoms with E-state index in [9.17, 15) is 8.42 Å². The summed E-state index contributed by atoms with van der Waals surface area (Å²) in [6.07, 6.45) is 6.71. The maximum absolute atomic E-state index is 12.6. The predicted octanol–water partition coefficient (Wildman–Crippen LogP) is 3.34. The van der Waals surface area contributed by atoms with E-state index in [0.717, 1.165) is 31.2 Å². The van der Waals surface area contributed by atoms with Crippen molar-refractivity contribution in [3.8, 4) is 0 Å². The highest BCUT2D eigenvalue weighted by Crippen LogP contribution is 2.25. The molecule has 19 heavy (non-hydrogen) atoms. The summed E-state index contributed by atoms with van der Waals surface area (Å²) in [4.78, 5) is 0.407. The number of rotatable bonds is 3. The van der Waals surface area contributed by atoms with Gasteiger partial charge in [-0.25, -0.2) is 8.42 Å². The van der Waals surface area contributed by atoms with Crippen LogP contribution in [0.15, 0.2) is 29.2 Å². The largest absolute Gasteiger partial charge is 0.243 e. The molecule has 0 unspecified atom stereocenters. The Balaban J connectivity index is 2.20. The lowest BCUT2D eigenvalue weighted by atomic mass is 10.1. The first-order valence-electron chi connectivity index (χ1n) is 7.06. The Bertz CT molecular complexity index is 499. The van der Waals surface area contributed by atoms with Gasteiger partial charge in [-0.15, -0.1) is 0 Å². The molecular formula is C15H23NO2S. The summed E-state index contributed by atoms with van der Waals surface area (Å²) in [5.41, 5.74) is 1.08. The Hall–Kier alpha value is -0.870. The van der Waals surface area contributed by atoms with Crippen LogP contribution in [0.5, 0.6) is 0 Å². The number of sulfonamides is 1. The van der Waals surface area contributed by atoms with Gasteiger partial charge in [0, 0.05) is 13.1 Å². The summed E-state index contributed by atoms with van der Waals surface area (Å²) in [6, 6.07) is 7.28. The standard InChI is InChI=1S/C15H23NO2S/c1-13-9-11-15(12-10-13)19(17,18)16(2)14-7-5-3-4-6-8-14/h9-12,14H,3-8H2,1-2H3. The SMILES string of the molecule is Cc1ccc(S(=O)(=O)N(C)C2CCCCCC2)cc1. The number of hydrogen-bond acceptors (Lipinski definition) is 2. The molecule has 0 amide bonds. The lowest BCUT2D eigenvalue weighted by Gasteiger charge is -2.26. The fourth-order valence-electron chi connectivity index (χ4n) is 2.69. The van der Waals surface area contributed by atoms with Crippen LogP contribution in [-0.4, -0.2) is 25.8 Å². The van der Waals surface area contributed by atoms with Crippen LogP contribution in [0.3, 0.4) is 0 Å². The highest BCUT2D eigenvalue weighted by atomic mass is 32.2. The average molecular weight is 281 g/mol. The molecule has 0 atom stereocenters. The van der Waals surface area contributed by atoms with Gasteiger partial charge in [0.2, 0.25) is 10.0 Å². The average Bonchev–Trinajstić information content (AvgIpc) is 2.67. The van der Waals surface area contributed by atoms with Gasteiger partial charge in [-0.1, -0.05) is 43.4 Å². The first-order valence-corrected chi connectivity index (χ1v) is 8.50. The van der Waals surface area contributed by atoms with Gasteiger partial charge in [-0.3, -0.25) is 0 Å². The summed E-state index contributed by atoms with van der Waals surface area (Å²) in [5.74, 6) is 0. The lowest BCUT2D eigenvalue weighted by molar-refractivity contribution is 0.335. The first-order chi connectivity index (χ1) is 9.01. The Kier molecular flexibility index (Phi) is 4.63. The number of hydrogen-bond donors (Lipinski definition) is 0. The minimum Gasteiger partial charge on any atom is -0.207 e. The van der Waals surface area contributed by atoms with Gasteiger partial charge in [0.15, 0.2) is 0 Å². The van der Waals surface area contributed by atoms with Gasteiger partial charge >= 0.3 is 0 Å². The second kappa shape index (κ2) is 6.06. The van der Waals surface area contributed by atoms with E-state index in [1.807, 2.05) is 19.1 Å². The molecule has 0 spiro atoms. The molecule has 0 N–H and O–H groups in total. The van der Waals surface area contributed by atoms with Gasteiger partial charge in [-0.05, 0) is 31.9 Å². The van der Waals surface area contributed by atoms with Gasteiger partial charge in [0.05, 0.1) is 4.90 Å². The highest BCUT2D eigenvalue weighted by molar-refractivity contribution is 7.89. The van der Waals surface area contributed by atoms with Gasteiger partial charge in [0.1, 0.15) is 0 Å². The summed E-state index contributed by atoms with van der Waals surface area (Å²) < 4.78 is 26.7. The number of nitrogens with zero attached hydrogens (tertiary/aromatic N) is 1. The third kappa shape index (κ3) is 3.37. The summed E-state index contributed by atoms with van der Waals surface area (Å²) in [7, 11) is -1.61. The molecule has 3 nitrogen and oxygen atoms in total. The van der Waals surface area contributed by atoms with Crippen molar-refractivity contribution in [2.75, 3.05) is 7.05 Å². The molecule has 1 aromatic carbocycles. The van der Waals surface area contributed by atoms with E-state index < -0.39 is 10.0 Å². The zero-order chi connectivity index (χ0) is 13.9. The van der Waals surface area contributed by atoms with E-state index in [0.29, 0.717) is 4.90 Å². The third-order valence-electron chi connectivity index (χ3n) is 4.04. The Labute approximate surface area is 116 Å². The van der Waals surface area contributed by atoms with Crippen LogP contribution >= 0.6 is 0 Å². The van der Waals surface area contributed by atoms with Crippen molar-refractivity contribution >= 4 is 10.0 Å². The lowest BCUT2D eigenvalue weighted by Crippen LogP contribution is -2.36. The second-order valence-corrected chi connectivity index (χ2v) is 7.48. The minimum absolute atomic E-state index is 0.161. The van der Waals surface area contributed by atoms with Crippen molar-refractivity contribution in [2.24, 2.45) is 0 Å². The van der Waals surface area contributed by atoms with Gasteiger partial charge < -0.3 is 0 Å². The monoisotopic (exact) mass is 281 g/mol. The molecule has 0 bridgehead atoms.